The fourth-order valence-corrected chi connectivity index (χ4v) is 1.98. The van der Waals surface area contributed by atoms with Crippen LogP contribution in [0.4, 0.5) is 0 Å². The third kappa shape index (κ3) is 1.40. The first-order valence-corrected chi connectivity index (χ1v) is 4.65. The number of nitrogens with zero attached hydrogens (tertiary/aromatic N) is 1. The number of hydrogen-bond acceptors (Lipinski definition) is 2. The minimum absolute atomic E-state index is 0.00898. The summed E-state index contributed by atoms with van der Waals surface area (Å²) < 4.78 is 1.70. The first-order chi connectivity index (χ1) is 6.33. The highest BCUT2D eigenvalue weighted by atomic mass is 16.3. The molecule has 2 rings (SSSR count). The van der Waals surface area contributed by atoms with E-state index in [0.717, 1.165) is 25.0 Å². The molecule has 1 heterocycles. The zero-order valence-electron chi connectivity index (χ0n) is 7.49. The average Bonchev–Trinajstić information content (AvgIpc) is 2.58. The Labute approximate surface area is 76.6 Å². The Hall–Kier alpha value is -1.09. The Bertz CT molecular complexity index is 368. The zero-order chi connectivity index (χ0) is 9.26. The molecule has 1 aromatic heterocycles. The molecule has 0 atom stereocenters. The Balaban J connectivity index is 2.52. The summed E-state index contributed by atoms with van der Waals surface area (Å²) >= 11 is 0. The van der Waals surface area contributed by atoms with Crippen LogP contribution in [0.25, 0.3) is 0 Å². The van der Waals surface area contributed by atoms with Gasteiger partial charge in [0.15, 0.2) is 0 Å². The van der Waals surface area contributed by atoms with E-state index in [9.17, 15) is 4.79 Å². The molecule has 0 aliphatic heterocycles. The number of aromatic nitrogens is 1. The van der Waals surface area contributed by atoms with Crippen LogP contribution in [0.2, 0.25) is 0 Å². The van der Waals surface area contributed by atoms with E-state index in [1.54, 1.807) is 10.6 Å². The SMILES string of the molecule is O=c1ccc2c(n1CCO)CCC2. The predicted octanol–water partition coefficient (Wildman–Crippen LogP) is 0.329. The summed E-state index contributed by atoms with van der Waals surface area (Å²) in [5.41, 5.74) is 2.41. The largest absolute Gasteiger partial charge is 0.395 e. The third-order valence-corrected chi connectivity index (χ3v) is 2.57. The van der Waals surface area contributed by atoms with Gasteiger partial charge in [0.05, 0.1) is 6.61 Å². The molecular weight excluding hydrogens is 166 g/mol. The lowest BCUT2D eigenvalue weighted by molar-refractivity contribution is 0.272. The van der Waals surface area contributed by atoms with Crippen LogP contribution in [0.15, 0.2) is 16.9 Å². The highest BCUT2D eigenvalue weighted by Crippen LogP contribution is 2.19. The minimum atomic E-state index is 0.00898. The molecule has 13 heavy (non-hydrogen) atoms. The van der Waals surface area contributed by atoms with Crippen molar-refractivity contribution in [2.45, 2.75) is 25.8 Å². The van der Waals surface area contributed by atoms with Crippen LogP contribution in [0.3, 0.4) is 0 Å². The van der Waals surface area contributed by atoms with Gasteiger partial charge in [-0.05, 0) is 24.8 Å². The van der Waals surface area contributed by atoms with E-state index in [4.69, 9.17) is 5.11 Å². The Morgan fingerprint density at radius 3 is 3.00 bits per heavy atom. The lowest BCUT2D eigenvalue weighted by atomic mass is 10.2. The van der Waals surface area contributed by atoms with Gasteiger partial charge in [-0.15, -0.1) is 0 Å². The number of aryl methyl sites for hydroxylation is 1. The summed E-state index contributed by atoms with van der Waals surface area (Å²) in [4.78, 5) is 11.4. The van der Waals surface area contributed by atoms with Gasteiger partial charge in [-0.2, -0.15) is 0 Å². The topological polar surface area (TPSA) is 42.2 Å². The molecule has 3 heteroatoms. The van der Waals surface area contributed by atoms with Gasteiger partial charge in [-0.25, -0.2) is 0 Å². The molecule has 0 aromatic carbocycles. The zero-order valence-corrected chi connectivity index (χ0v) is 7.49. The van der Waals surface area contributed by atoms with Crippen LogP contribution in [-0.4, -0.2) is 16.3 Å². The van der Waals surface area contributed by atoms with Crippen molar-refractivity contribution in [1.82, 2.24) is 4.57 Å². The maximum atomic E-state index is 11.4. The first kappa shape index (κ1) is 8.51. The van der Waals surface area contributed by atoms with Crippen molar-refractivity contribution in [2.75, 3.05) is 6.61 Å². The number of hydrogen-bond donors (Lipinski definition) is 1. The molecule has 0 radical (unpaired) electrons. The maximum Gasteiger partial charge on any atom is 0.250 e. The summed E-state index contributed by atoms with van der Waals surface area (Å²) in [6, 6.07) is 3.51. The molecule has 1 aliphatic carbocycles. The van der Waals surface area contributed by atoms with Crippen molar-refractivity contribution in [3.05, 3.63) is 33.7 Å². The lowest BCUT2D eigenvalue weighted by Crippen LogP contribution is -2.24. The molecule has 0 fully saturated rings. The second kappa shape index (κ2) is 3.34. The second-order valence-corrected chi connectivity index (χ2v) is 3.37. The average molecular weight is 179 g/mol. The van der Waals surface area contributed by atoms with E-state index in [0.29, 0.717) is 6.54 Å². The quantitative estimate of drug-likeness (QED) is 0.711. The van der Waals surface area contributed by atoms with Crippen molar-refractivity contribution in [2.24, 2.45) is 0 Å². The summed E-state index contributed by atoms with van der Waals surface area (Å²) in [6.07, 6.45) is 3.18. The van der Waals surface area contributed by atoms with Crippen molar-refractivity contribution >= 4 is 0 Å². The molecule has 0 saturated carbocycles. The highest BCUT2D eigenvalue weighted by molar-refractivity contribution is 5.25. The normalized spacial score (nSPS) is 14.5. The minimum Gasteiger partial charge on any atom is -0.395 e. The van der Waals surface area contributed by atoms with Crippen molar-refractivity contribution < 1.29 is 5.11 Å². The van der Waals surface area contributed by atoms with Gasteiger partial charge in [0, 0.05) is 18.3 Å². The molecule has 3 nitrogen and oxygen atoms in total. The fourth-order valence-electron chi connectivity index (χ4n) is 1.98. The molecule has 1 N–H and O–H groups in total. The van der Waals surface area contributed by atoms with Crippen LogP contribution in [0.1, 0.15) is 17.7 Å². The first-order valence-electron chi connectivity index (χ1n) is 4.65. The summed E-state index contributed by atoms with van der Waals surface area (Å²) in [5.74, 6) is 0. The van der Waals surface area contributed by atoms with E-state index in [2.05, 4.69) is 0 Å². The van der Waals surface area contributed by atoms with Gasteiger partial charge in [-0.3, -0.25) is 4.79 Å². The van der Waals surface area contributed by atoms with Crippen molar-refractivity contribution in [3.8, 4) is 0 Å². The van der Waals surface area contributed by atoms with E-state index in [1.165, 1.54) is 5.56 Å². The molecule has 0 amide bonds. The fraction of sp³-hybridized carbons (Fsp3) is 0.500. The van der Waals surface area contributed by atoms with Gasteiger partial charge in [0.1, 0.15) is 0 Å². The maximum absolute atomic E-state index is 11.4. The van der Waals surface area contributed by atoms with Gasteiger partial charge in [0.25, 0.3) is 5.56 Å². The lowest BCUT2D eigenvalue weighted by Gasteiger charge is -2.09. The molecule has 0 bridgehead atoms. The summed E-state index contributed by atoms with van der Waals surface area (Å²) in [6.45, 7) is 0.471. The monoisotopic (exact) mass is 179 g/mol. The number of aliphatic hydroxyl groups excluding tert-OH is 1. The predicted molar refractivity (Wildman–Crippen MR) is 49.8 cm³/mol. The summed E-state index contributed by atoms with van der Waals surface area (Å²) in [5, 5.41) is 8.82. The number of pyridine rings is 1. The third-order valence-electron chi connectivity index (χ3n) is 2.57. The van der Waals surface area contributed by atoms with Crippen LogP contribution in [0.5, 0.6) is 0 Å². The highest BCUT2D eigenvalue weighted by Gasteiger charge is 2.14. The Kier molecular flexibility index (Phi) is 2.19. The van der Waals surface area contributed by atoms with Gasteiger partial charge in [-0.1, -0.05) is 6.07 Å². The van der Waals surface area contributed by atoms with Crippen LogP contribution >= 0.6 is 0 Å². The van der Waals surface area contributed by atoms with Crippen LogP contribution in [0, 0.1) is 0 Å². The second-order valence-electron chi connectivity index (χ2n) is 3.37. The molecule has 0 saturated heterocycles. The van der Waals surface area contributed by atoms with Crippen LogP contribution < -0.4 is 5.56 Å². The Morgan fingerprint density at radius 2 is 2.23 bits per heavy atom. The molecule has 1 aromatic rings. The molecule has 0 spiro atoms. The van der Waals surface area contributed by atoms with Crippen LogP contribution in [-0.2, 0) is 19.4 Å². The van der Waals surface area contributed by atoms with E-state index in [-0.39, 0.29) is 12.2 Å². The number of fused-ring (bicyclic) bond motifs is 1. The van der Waals surface area contributed by atoms with E-state index < -0.39 is 0 Å². The standard InChI is InChI=1S/C10H13NO2/c12-7-6-11-9-3-1-2-8(9)4-5-10(11)13/h4-5,12H,1-3,6-7H2. The smallest absolute Gasteiger partial charge is 0.250 e. The molecule has 1 aliphatic rings. The summed E-state index contributed by atoms with van der Waals surface area (Å²) in [7, 11) is 0. The van der Waals surface area contributed by atoms with Gasteiger partial charge in [0.2, 0.25) is 0 Å². The number of aliphatic hydroxyl groups is 1. The Morgan fingerprint density at radius 1 is 1.38 bits per heavy atom. The van der Waals surface area contributed by atoms with Crippen molar-refractivity contribution in [3.63, 3.8) is 0 Å². The van der Waals surface area contributed by atoms with Gasteiger partial charge < -0.3 is 9.67 Å². The molecule has 70 valence electrons. The number of rotatable bonds is 2. The van der Waals surface area contributed by atoms with Gasteiger partial charge >= 0.3 is 0 Å². The van der Waals surface area contributed by atoms with E-state index in [1.807, 2.05) is 6.07 Å². The molecule has 0 unspecified atom stereocenters. The van der Waals surface area contributed by atoms with Crippen molar-refractivity contribution in [1.29, 1.82) is 0 Å². The molecular formula is C10H13NO2. The van der Waals surface area contributed by atoms with E-state index >= 15 is 0 Å².